The Kier molecular flexibility index (Phi) is 6.14. The van der Waals surface area contributed by atoms with Crippen LogP contribution in [-0.2, 0) is 4.74 Å². The lowest BCUT2D eigenvalue weighted by atomic mass is 10.1. The Hall–Kier alpha value is -1.10. The lowest BCUT2D eigenvalue weighted by Gasteiger charge is -2.31. The van der Waals surface area contributed by atoms with E-state index in [9.17, 15) is 0 Å². The summed E-state index contributed by atoms with van der Waals surface area (Å²) in [6, 6.07) is 9.92. The normalized spacial score (nSPS) is 17.5. The number of piperidine rings is 1. The van der Waals surface area contributed by atoms with Gasteiger partial charge in [0, 0.05) is 19.6 Å². The highest BCUT2D eigenvalue weighted by Crippen LogP contribution is 2.14. The van der Waals surface area contributed by atoms with Crippen molar-refractivity contribution in [3.63, 3.8) is 0 Å². The van der Waals surface area contributed by atoms with Gasteiger partial charge in [0.05, 0.1) is 19.3 Å². The standard InChI is InChI=1S/C15H23NO3/c17-11-13-19-15-6-8-16(9-7-15)10-12-18-14-4-2-1-3-5-14/h1-5,15,17H,6-13H2. The van der Waals surface area contributed by atoms with Gasteiger partial charge in [0.2, 0.25) is 0 Å². The summed E-state index contributed by atoms with van der Waals surface area (Å²) in [4.78, 5) is 2.40. The van der Waals surface area contributed by atoms with E-state index in [-0.39, 0.29) is 6.61 Å². The molecular formula is C15H23NO3. The molecule has 1 aliphatic heterocycles. The average Bonchev–Trinajstić information content (AvgIpc) is 2.47. The Bertz CT molecular complexity index is 337. The number of rotatable bonds is 7. The maximum absolute atomic E-state index is 8.72. The van der Waals surface area contributed by atoms with Gasteiger partial charge in [0.1, 0.15) is 12.4 Å². The Morgan fingerprint density at radius 1 is 1.11 bits per heavy atom. The van der Waals surface area contributed by atoms with Gasteiger partial charge in [-0.2, -0.15) is 0 Å². The fourth-order valence-electron chi connectivity index (χ4n) is 2.33. The number of likely N-dealkylation sites (tertiary alicyclic amines) is 1. The van der Waals surface area contributed by atoms with Crippen LogP contribution in [0.1, 0.15) is 12.8 Å². The molecule has 1 aromatic carbocycles. The first-order chi connectivity index (χ1) is 9.38. The lowest BCUT2D eigenvalue weighted by molar-refractivity contribution is -0.00923. The molecule has 0 aliphatic carbocycles. The Morgan fingerprint density at radius 3 is 2.53 bits per heavy atom. The second-order valence-corrected chi connectivity index (χ2v) is 4.80. The molecule has 19 heavy (non-hydrogen) atoms. The van der Waals surface area contributed by atoms with Gasteiger partial charge >= 0.3 is 0 Å². The number of aliphatic hydroxyl groups is 1. The summed E-state index contributed by atoms with van der Waals surface area (Å²) < 4.78 is 11.2. The molecule has 0 bridgehead atoms. The molecule has 4 heteroatoms. The number of para-hydroxylation sites is 1. The third-order valence-corrected chi connectivity index (χ3v) is 3.40. The first-order valence-electron chi connectivity index (χ1n) is 7.01. The van der Waals surface area contributed by atoms with Crippen molar-refractivity contribution >= 4 is 0 Å². The number of aliphatic hydroxyl groups excluding tert-OH is 1. The first-order valence-corrected chi connectivity index (χ1v) is 7.01. The molecule has 1 saturated heterocycles. The van der Waals surface area contributed by atoms with E-state index >= 15 is 0 Å². The van der Waals surface area contributed by atoms with Crippen molar-refractivity contribution < 1.29 is 14.6 Å². The second-order valence-electron chi connectivity index (χ2n) is 4.80. The van der Waals surface area contributed by atoms with Gasteiger partial charge in [-0.3, -0.25) is 4.90 Å². The largest absolute Gasteiger partial charge is 0.492 e. The van der Waals surface area contributed by atoms with Crippen molar-refractivity contribution in [2.75, 3.05) is 39.5 Å². The molecule has 0 aromatic heterocycles. The SMILES string of the molecule is OCCOC1CCN(CCOc2ccccc2)CC1. The van der Waals surface area contributed by atoms with Crippen LogP contribution in [0.4, 0.5) is 0 Å². The molecule has 0 atom stereocenters. The summed E-state index contributed by atoms with van der Waals surface area (Å²) in [6.45, 7) is 4.36. The zero-order chi connectivity index (χ0) is 13.3. The molecule has 0 saturated carbocycles. The van der Waals surface area contributed by atoms with Gasteiger partial charge < -0.3 is 14.6 Å². The van der Waals surface area contributed by atoms with Crippen LogP contribution in [0.15, 0.2) is 30.3 Å². The zero-order valence-corrected chi connectivity index (χ0v) is 11.3. The van der Waals surface area contributed by atoms with E-state index in [0.717, 1.165) is 44.8 Å². The molecule has 0 spiro atoms. The van der Waals surface area contributed by atoms with Crippen LogP contribution in [0.3, 0.4) is 0 Å². The first kappa shape index (κ1) is 14.3. The van der Waals surface area contributed by atoms with E-state index in [1.807, 2.05) is 30.3 Å². The van der Waals surface area contributed by atoms with E-state index < -0.39 is 0 Å². The van der Waals surface area contributed by atoms with Crippen molar-refractivity contribution in [3.05, 3.63) is 30.3 Å². The second kappa shape index (κ2) is 8.15. The van der Waals surface area contributed by atoms with Crippen LogP contribution in [-0.4, -0.2) is 55.6 Å². The molecule has 1 fully saturated rings. The van der Waals surface area contributed by atoms with Crippen LogP contribution in [0.25, 0.3) is 0 Å². The third-order valence-electron chi connectivity index (χ3n) is 3.40. The number of hydrogen-bond donors (Lipinski definition) is 1. The number of ether oxygens (including phenoxy) is 2. The summed E-state index contributed by atoms with van der Waals surface area (Å²) in [5.41, 5.74) is 0. The maximum Gasteiger partial charge on any atom is 0.119 e. The van der Waals surface area contributed by atoms with Crippen molar-refractivity contribution in [1.82, 2.24) is 4.90 Å². The molecule has 0 amide bonds. The van der Waals surface area contributed by atoms with Crippen molar-refractivity contribution in [2.24, 2.45) is 0 Å². The average molecular weight is 265 g/mol. The van der Waals surface area contributed by atoms with E-state index in [4.69, 9.17) is 14.6 Å². The summed E-state index contributed by atoms with van der Waals surface area (Å²) in [5.74, 6) is 0.934. The van der Waals surface area contributed by atoms with Crippen LogP contribution in [0, 0.1) is 0 Å². The maximum atomic E-state index is 8.72. The highest BCUT2D eigenvalue weighted by molar-refractivity contribution is 5.20. The minimum Gasteiger partial charge on any atom is -0.492 e. The van der Waals surface area contributed by atoms with E-state index in [1.54, 1.807) is 0 Å². The summed E-state index contributed by atoms with van der Waals surface area (Å²) in [7, 11) is 0. The van der Waals surface area contributed by atoms with Gasteiger partial charge in [-0.1, -0.05) is 18.2 Å². The van der Waals surface area contributed by atoms with Gasteiger partial charge in [-0.15, -0.1) is 0 Å². The van der Waals surface area contributed by atoms with Crippen molar-refractivity contribution in [1.29, 1.82) is 0 Å². The lowest BCUT2D eigenvalue weighted by Crippen LogP contribution is -2.39. The topological polar surface area (TPSA) is 41.9 Å². The monoisotopic (exact) mass is 265 g/mol. The van der Waals surface area contributed by atoms with E-state index in [1.165, 1.54) is 0 Å². The third kappa shape index (κ3) is 5.19. The van der Waals surface area contributed by atoms with Crippen LogP contribution < -0.4 is 4.74 Å². The molecule has 1 aliphatic rings. The summed E-state index contributed by atoms with van der Waals surface area (Å²) in [5, 5.41) is 8.72. The Balaban J connectivity index is 1.58. The highest BCUT2D eigenvalue weighted by Gasteiger charge is 2.19. The predicted octanol–water partition coefficient (Wildman–Crippen LogP) is 1.54. The van der Waals surface area contributed by atoms with Gasteiger partial charge in [0.15, 0.2) is 0 Å². The zero-order valence-electron chi connectivity index (χ0n) is 11.3. The summed E-state index contributed by atoms with van der Waals surface area (Å²) in [6.07, 6.45) is 2.41. The molecule has 1 aromatic rings. The molecule has 2 rings (SSSR count). The fraction of sp³-hybridized carbons (Fsp3) is 0.600. The van der Waals surface area contributed by atoms with Crippen molar-refractivity contribution in [3.8, 4) is 5.75 Å². The Labute approximate surface area is 114 Å². The Morgan fingerprint density at radius 2 is 1.84 bits per heavy atom. The molecule has 0 radical (unpaired) electrons. The minimum atomic E-state index is 0.116. The molecule has 1 N–H and O–H groups in total. The van der Waals surface area contributed by atoms with Crippen LogP contribution in [0.5, 0.6) is 5.75 Å². The molecule has 106 valence electrons. The van der Waals surface area contributed by atoms with Gasteiger partial charge in [0.25, 0.3) is 0 Å². The molecular weight excluding hydrogens is 242 g/mol. The van der Waals surface area contributed by atoms with Gasteiger partial charge in [-0.25, -0.2) is 0 Å². The van der Waals surface area contributed by atoms with E-state index in [2.05, 4.69) is 4.90 Å². The van der Waals surface area contributed by atoms with Crippen molar-refractivity contribution in [2.45, 2.75) is 18.9 Å². The minimum absolute atomic E-state index is 0.116. The van der Waals surface area contributed by atoms with Crippen LogP contribution >= 0.6 is 0 Å². The molecule has 1 heterocycles. The van der Waals surface area contributed by atoms with Crippen LogP contribution in [0.2, 0.25) is 0 Å². The molecule has 4 nitrogen and oxygen atoms in total. The molecule has 0 unspecified atom stereocenters. The van der Waals surface area contributed by atoms with Gasteiger partial charge in [-0.05, 0) is 25.0 Å². The highest BCUT2D eigenvalue weighted by atomic mass is 16.5. The number of nitrogens with zero attached hydrogens (tertiary/aromatic N) is 1. The number of hydrogen-bond acceptors (Lipinski definition) is 4. The summed E-state index contributed by atoms with van der Waals surface area (Å²) >= 11 is 0. The fourth-order valence-corrected chi connectivity index (χ4v) is 2.33. The van der Waals surface area contributed by atoms with E-state index in [0.29, 0.717) is 12.7 Å². The quantitative estimate of drug-likeness (QED) is 0.812. The number of benzene rings is 1. The smallest absolute Gasteiger partial charge is 0.119 e. The predicted molar refractivity (Wildman–Crippen MR) is 74.4 cm³/mol.